The van der Waals surface area contributed by atoms with Crippen LogP contribution in [0.2, 0.25) is 0 Å². The first-order valence-electron chi connectivity index (χ1n) is 6.62. The Balaban J connectivity index is 2.02. The van der Waals surface area contributed by atoms with Gasteiger partial charge in [-0.25, -0.2) is 0 Å². The van der Waals surface area contributed by atoms with Crippen LogP contribution < -0.4 is 15.2 Å². The van der Waals surface area contributed by atoms with Crippen LogP contribution in [-0.2, 0) is 5.54 Å². The summed E-state index contributed by atoms with van der Waals surface area (Å²) in [6.45, 7) is 1.00. The summed E-state index contributed by atoms with van der Waals surface area (Å²) in [5.41, 5.74) is 6.84. The minimum atomic E-state index is -0.418. The Hall–Kier alpha value is -1.42. The molecule has 3 rings (SSSR count). The standard InChI is InChI=1S/C14H19NO3/c15-14(6-2-1-3-7-14)10-4-5-11-13(12(10)16)18-9-8-17-11/h4-5,16H,1-3,6-9,15H2. The van der Waals surface area contributed by atoms with Crippen LogP contribution in [-0.4, -0.2) is 18.3 Å². The number of aromatic hydroxyl groups is 1. The molecular weight excluding hydrogens is 230 g/mol. The second kappa shape index (κ2) is 4.35. The summed E-state index contributed by atoms with van der Waals surface area (Å²) in [5, 5.41) is 10.4. The van der Waals surface area contributed by atoms with Gasteiger partial charge in [0, 0.05) is 11.1 Å². The highest BCUT2D eigenvalue weighted by Crippen LogP contribution is 2.47. The molecule has 2 aliphatic rings. The molecule has 1 fully saturated rings. The molecule has 4 nitrogen and oxygen atoms in total. The van der Waals surface area contributed by atoms with Gasteiger partial charge in [0.05, 0.1) is 0 Å². The molecular formula is C14H19NO3. The van der Waals surface area contributed by atoms with Crippen LogP contribution in [0.5, 0.6) is 17.2 Å². The summed E-state index contributed by atoms with van der Waals surface area (Å²) in [4.78, 5) is 0. The zero-order chi connectivity index (χ0) is 12.6. The fourth-order valence-corrected chi connectivity index (χ4v) is 2.95. The lowest BCUT2D eigenvalue weighted by Crippen LogP contribution is -2.38. The smallest absolute Gasteiger partial charge is 0.203 e. The van der Waals surface area contributed by atoms with Crippen molar-refractivity contribution in [2.45, 2.75) is 37.6 Å². The van der Waals surface area contributed by atoms with Crippen molar-refractivity contribution in [2.24, 2.45) is 5.73 Å². The Morgan fingerprint density at radius 2 is 1.78 bits per heavy atom. The van der Waals surface area contributed by atoms with Crippen molar-refractivity contribution in [2.75, 3.05) is 13.2 Å². The van der Waals surface area contributed by atoms with E-state index in [4.69, 9.17) is 15.2 Å². The second-order valence-electron chi connectivity index (χ2n) is 5.20. The lowest BCUT2D eigenvalue weighted by atomic mass is 9.77. The fraction of sp³-hybridized carbons (Fsp3) is 0.571. The average molecular weight is 249 g/mol. The van der Waals surface area contributed by atoms with Gasteiger partial charge in [0.25, 0.3) is 0 Å². The van der Waals surface area contributed by atoms with E-state index in [9.17, 15) is 5.11 Å². The molecule has 1 aliphatic heterocycles. The van der Waals surface area contributed by atoms with Crippen LogP contribution in [0.4, 0.5) is 0 Å². The van der Waals surface area contributed by atoms with E-state index < -0.39 is 5.54 Å². The van der Waals surface area contributed by atoms with Gasteiger partial charge in [-0.2, -0.15) is 0 Å². The number of phenols is 1. The highest BCUT2D eigenvalue weighted by molar-refractivity contribution is 5.57. The zero-order valence-corrected chi connectivity index (χ0v) is 10.4. The Morgan fingerprint density at radius 3 is 2.56 bits per heavy atom. The van der Waals surface area contributed by atoms with Crippen molar-refractivity contribution in [1.82, 2.24) is 0 Å². The van der Waals surface area contributed by atoms with Gasteiger partial charge >= 0.3 is 0 Å². The number of hydrogen-bond acceptors (Lipinski definition) is 4. The number of hydrogen-bond donors (Lipinski definition) is 2. The van der Waals surface area contributed by atoms with Crippen LogP contribution in [0, 0.1) is 0 Å². The molecule has 0 amide bonds. The van der Waals surface area contributed by atoms with Gasteiger partial charge < -0.3 is 20.3 Å². The second-order valence-corrected chi connectivity index (χ2v) is 5.20. The van der Waals surface area contributed by atoms with Crippen LogP contribution in [0.25, 0.3) is 0 Å². The van der Waals surface area contributed by atoms with Crippen LogP contribution in [0.1, 0.15) is 37.7 Å². The third-order valence-electron chi connectivity index (χ3n) is 3.96. The molecule has 0 unspecified atom stereocenters. The summed E-state index contributed by atoms with van der Waals surface area (Å²) in [5.74, 6) is 1.23. The number of phenolic OH excluding ortho intramolecular Hbond substituents is 1. The van der Waals surface area contributed by atoms with Crippen molar-refractivity contribution in [3.05, 3.63) is 17.7 Å². The lowest BCUT2D eigenvalue weighted by Gasteiger charge is -2.35. The highest BCUT2D eigenvalue weighted by atomic mass is 16.6. The van der Waals surface area contributed by atoms with Crippen LogP contribution in [0.3, 0.4) is 0 Å². The maximum absolute atomic E-state index is 10.4. The predicted molar refractivity (Wildman–Crippen MR) is 68.0 cm³/mol. The van der Waals surface area contributed by atoms with E-state index in [2.05, 4.69) is 0 Å². The Bertz CT molecular complexity index is 453. The van der Waals surface area contributed by atoms with Gasteiger partial charge in [-0.1, -0.05) is 19.3 Å². The van der Waals surface area contributed by atoms with Crippen molar-refractivity contribution in [1.29, 1.82) is 0 Å². The summed E-state index contributed by atoms with van der Waals surface area (Å²) < 4.78 is 11.0. The van der Waals surface area contributed by atoms with Gasteiger partial charge in [-0.05, 0) is 25.0 Å². The summed E-state index contributed by atoms with van der Waals surface area (Å²) >= 11 is 0. The third-order valence-corrected chi connectivity index (χ3v) is 3.96. The van der Waals surface area contributed by atoms with E-state index in [1.165, 1.54) is 6.42 Å². The molecule has 0 aromatic heterocycles. The number of nitrogens with two attached hydrogens (primary N) is 1. The van der Waals surface area contributed by atoms with Gasteiger partial charge in [0.1, 0.15) is 13.2 Å². The van der Waals surface area contributed by atoms with E-state index in [0.29, 0.717) is 24.7 Å². The molecule has 1 aromatic rings. The zero-order valence-electron chi connectivity index (χ0n) is 10.4. The molecule has 0 radical (unpaired) electrons. The average Bonchev–Trinajstić information content (AvgIpc) is 2.40. The van der Waals surface area contributed by atoms with Crippen LogP contribution >= 0.6 is 0 Å². The predicted octanol–water partition coefficient (Wildman–Crippen LogP) is 2.28. The number of ether oxygens (including phenoxy) is 2. The normalized spacial score (nSPS) is 21.6. The van der Waals surface area contributed by atoms with Crippen molar-refractivity contribution in [3.63, 3.8) is 0 Å². The van der Waals surface area contributed by atoms with Crippen molar-refractivity contribution < 1.29 is 14.6 Å². The number of fused-ring (bicyclic) bond motifs is 1. The first-order chi connectivity index (χ1) is 8.71. The van der Waals surface area contributed by atoms with E-state index in [-0.39, 0.29) is 5.75 Å². The highest BCUT2D eigenvalue weighted by Gasteiger charge is 2.34. The molecule has 1 aliphatic carbocycles. The number of benzene rings is 1. The minimum Gasteiger partial charge on any atom is -0.504 e. The topological polar surface area (TPSA) is 64.7 Å². The molecule has 4 heteroatoms. The Labute approximate surface area is 107 Å². The molecule has 0 atom stereocenters. The summed E-state index contributed by atoms with van der Waals surface area (Å²) in [6.07, 6.45) is 5.29. The fourth-order valence-electron chi connectivity index (χ4n) is 2.95. The van der Waals surface area contributed by atoms with Gasteiger partial charge in [-0.15, -0.1) is 0 Å². The Kier molecular flexibility index (Phi) is 2.82. The largest absolute Gasteiger partial charge is 0.504 e. The monoisotopic (exact) mass is 249 g/mol. The molecule has 98 valence electrons. The third kappa shape index (κ3) is 1.81. The molecule has 18 heavy (non-hydrogen) atoms. The van der Waals surface area contributed by atoms with Gasteiger partial charge in [0.15, 0.2) is 11.5 Å². The molecule has 1 saturated carbocycles. The van der Waals surface area contributed by atoms with Crippen molar-refractivity contribution >= 4 is 0 Å². The van der Waals surface area contributed by atoms with E-state index in [1.54, 1.807) is 0 Å². The lowest BCUT2D eigenvalue weighted by molar-refractivity contribution is 0.164. The van der Waals surface area contributed by atoms with E-state index in [0.717, 1.165) is 31.2 Å². The summed E-state index contributed by atoms with van der Waals surface area (Å²) in [7, 11) is 0. The maximum Gasteiger partial charge on any atom is 0.203 e. The molecule has 0 bridgehead atoms. The minimum absolute atomic E-state index is 0.164. The first kappa shape index (κ1) is 11.7. The van der Waals surface area contributed by atoms with Gasteiger partial charge in [-0.3, -0.25) is 0 Å². The first-order valence-corrected chi connectivity index (χ1v) is 6.62. The Morgan fingerprint density at radius 1 is 1.06 bits per heavy atom. The molecule has 0 saturated heterocycles. The quantitative estimate of drug-likeness (QED) is 0.801. The molecule has 1 aromatic carbocycles. The van der Waals surface area contributed by atoms with Crippen LogP contribution in [0.15, 0.2) is 12.1 Å². The van der Waals surface area contributed by atoms with E-state index in [1.807, 2.05) is 12.1 Å². The molecule has 1 heterocycles. The van der Waals surface area contributed by atoms with Gasteiger partial charge in [0.2, 0.25) is 5.75 Å². The van der Waals surface area contributed by atoms with Crippen molar-refractivity contribution in [3.8, 4) is 17.2 Å². The molecule has 0 spiro atoms. The summed E-state index contributed by atoms with van der Waals surface area (Å²) in [6, 6.07) is 3.74. The number of rotatable bonds is 1. The van der Waals surface area contributed by atoms with E-state index >= 15 is 0 Å². The maximum atomic E-state index is 10.4. The SMILES string of the molecule is NC1(c2ccc3c(c2O)OCCO3)CCCCC1. The molecule has 3 N–H and O–H groups in total.